The molecule has 0 aromatic carbocycles. The van der Waals surface area contributed by atoms with Crippen molar-refractivity contribution >= 4 is 17.3 Å². The molecule has 3 aromatic rings. The summed E-state index contributed by atoms with van der Waals surface area (Å²) in [4.78, 5) is 16.6. The zero-order chi connectivity index (χ0) is 21.5. The van der Waals surface area contributed by atoms with Crippen molar-refractivity contribution in [2.75, 3.05) is 23.3 Å². The zero-order valence-electron chi connectivity index (χ0n) is 18.6. The maximum absolute atomic E-state index is 10.5. The van der Waals surface area contributed by atoms with Gasteiger partial charge in [-0.25, -0.2) is 9.97 Å². The lowest BCUT2D eigenvalue weighted by molar-refractivity contribution is 0.116. The van der Waals surface area contributed by atoms with E-state index in [1.54, 1.807) is 0 Å². The fraction of sp³-hybridized carbons (Fsp3) is 0.565. The molecule has 0 radical (unpaired) electrons. The standard InChI is InChI=1S/C23H31N7O/c1-14-15(2)25-23(16(3)24-14)18-12-21-27-20(29-10-6-7-11-29)13-22(30(21)28-18)26-17-8-4-5-9-19(17)31/h12-13,17,19,26,31H,4-11H2,1-3H3/t17-,19-/m0/s1. The molecule has 1 aliphatic heterocycles. The summed E-state index contributed by atoms with van der Waals surface area (Å²) in [6.45, 7) is 7.97. The Hall–Kier alpha value is -2.74. The van der Waals surface area contributed by atoms with E-state index in [4.69, 9.17) is 15.1 Å². The number of aliphatic hydroxyl groups excluding tert-OH is 1. The number of rotatable bonds is 4. The van der Waals surface area contributed by atoms with Gasteiger partial charge >= 0.3 is 0 Å². The molecule has 1 saturated heterocycles. The van der Waals surface area contributed by atoms with Crippen LogP contribution in [0.1, 0.15) is 55.6 Å². The molecule has 5 rings (SSSR count). The molecule has 0 spiro atoms. The fourth-order valence-electron chi connectivity index (χ4n) is 4.72. The fourth-order valence-corrected chi connectivity index (χ4v) is 4.72. The molecular weight excluding hydrogens is 390 g/mol. The molecule has 3 aromatic heterocycles. The van der Waals surface area contributed by atoms with Crippen molar-refractivity contribution < 1.29 is 5.11 Å². The largest absolute Gasteiger partial charge is 0.391 e. The molecule has 164 valence electrons. The van der Waals surface area contributed by atoms with Crippen molar-refractivity contribution in [3.05, 3.63) is 29.2 Å². The zero-order valence-corrected chi connectivity index (χ0v) is 18.6. The van der Waals surface area contributed by atoms with Crippen LogP contribution in [0.15, 0.2) is 12.1 Å². The number of aliphatic hydroxyl groups is 1. The molecule has 2 atom stereocenters. The highest BCUT2D eigenvalue weighted by atomic mass is 16.3. The highest BCUT2D eigenvalue weighted by molar-refractivity contribution is 5.67. The van der Waals surface area contributed by atoms with E-state index >= 15 is 0 Å². The number of aromatic nitrogens is 5. The number of nitrogens with one attached hydrogen (secondary N) is 1. The van der Waals surface area contributed by atoms with E-state index in [9.17, 15) is 5.11 Å². The van der Waals surface area contributed by atoms with E-state index in [-0.39, 0.29) is 12.1 Å². The Labute approximate surface area is 182 Å². The second-order valence-electron chi connectivity index (χ2n) is 8.92. The minimum atomic E-state index is -0.338. The first-order chi connectivity index (χ1) is 15.0. The van der Waals surface area contributed by atoms with Crippen LogP contribution >= 0.6 is 0 Å². The van der Waals surface area contributed by atoms with Crippen LogP contribution in [0.5, 0.6) is 0 Å². The van der Waals surface area contributed by atoms with Crippen molar-refractivity contribution in [2.45, 2.75) is 71.4 Å². The van der Waals surface area contributed by atoms with Crippen molar-refractivity contribution in [2.24, 2.45) is 0 Å². The van der Waals surface area contributed by atoms with Crippen LogP contribution in [-0.4, -0.2) is 54.9 Å². The number of aryl methyl sites for hydroxylation is 3. The minimum absolute atomic E-state index is 0.0292. The molecule has 0 bridgehead atoms. The van der Waals surface area contributed by atoms with Crippen LogP contribution in [0.25, 0.3) is 17.0 Å². The Kier molecular flexibility index (Phi) is 5.25. The maximum Gasteiger partial charge on any atom is 0.160 e. The van der Waals surface area contributed by atoms with Gasteiger partial charge in [-0.15, -0.1) is 0 Å². The normalized spacial score (nSPS) is 21.7. The molecule has 1 saturated carbocycles. The number of hydrogen-bond acceptors (Lipinski definition) is 7. The monoisotopic (exact) mass is 421 g/mol. The van der Waals surface area contributed by atoms with Crippen LogP contribution in [0.4, 0.5) is 11.6 Å². The average Bonchev–Trinajstić information content (AvgIpc) is 3.42. The summed E-state index contributed by atoms with van der Waals surface area (Å²) in [6, 6.07) is 4.10. The molecule has 1 aliphatic carbocycles. The smallest absolute Gasteiger partial charge is 0.160 e. The van der Waals surface area contributed by atoms with E-state index in [0.717, 1.165) is 84.5 Å². The topological polar surface area (TPSA) is 91.5 Å². The number of anilines is 2. The first-order valence-corrected chi connectivity index (χ1v) is 11.4. The summed E-state index contributed by atoms with van der Waals surface area (Å²) >= 11 is 0. The van der Waals surface area contributed by atoms with Gasteiger partial charge in [-0.3, -0.25) is 4.98 Å². The van der Waals surface area contributed by atoms with Gasteiger partial charge in [0.05, 0.1) is 29.2 Å². The summed E-state index contributed by atoms with van der Waals surface area (Å²) in [7, 11) is 0. The minimum Gasteiger partial charge on any atom is -0.391 e. The third-order valence-corrected chi connectivity index (χ3v) is 6.63. The molecule has 2 N–H and O–H groups in total. The van der Waals surface area contributed by atoms with Crippen molar-refractivity contribution in [3.8, 4) is 11.4 Å². The second-order valence-corrected chi connectivity index (χ2v) is 8.92. The first-order valence-electron chi connectivity index (χ1n) is 11.4. The quantitative estimate of drug-likeness (QED) is 0.667. The SMILES string of the molecule is Cc1nc(C)c(-c2cc3nc(N4CCCC4)cc(N[C@H]4CCCC[C@@H]4O)n3n2)nc1C. The van der Waals surface area contributed by atoms with Crippen LogP contribution in [0, 0.1) is 20.8 Å². The molecule has 31 heavy (non-hydrogen) atoms. The van der Waals surface area contributed by atoms with Crippen molar-refractivity contribution in [1.82, 2.24) is 24.6 Å². The molecule has 8 heteroatoms. The Balaban J connectivity index is 1.60. The lowest BCUT2D eigenvalue weighted by atomic mass is 9.92. The van der Waals surface area contributed by atoms with Gasteiger partial charge in [-0.1, -0.05) is 12.8 Å². The second kappa shape index (κ2) is 8.07. The highest BCUT2D eigenvalue weighted by Gasteiger charge is 2.25. The average molecular weight is 422 g/mol. The maximum atomic E-state index is 10.5. The molecule has 4 heterocycles. The van der Waals surface area contributed by atoms with Crippen molar-refractivity contribution in [3.63, 3.8) is 0 Å². The third kappa shape index (κ3) is 3.84. The summed E-state index contributed by atoms with van der Waals surface area (Å²) in [6.07, 6.45) is 6.06. The summed E-state index contributed by atoms with van der Waals surface area (Å²) in [5.74, 6) is 1.84. The Morgan fingerprint density at radius 2 is 1.65 bits per heavy atom. The molecule has 0 unspecified atom stereocenters. The van der Waals surface area contributed by atoms with Crippen LogP contribution in [-0.2, 0) is 0 Å². The number of fused-ring (bicyclic) bond motifs is 1. The van der Waals surface area contributed by atoms with Crippen molar-refractivity contribution in [1.29, 1.82) is 0 Å². The molecule has 8 nitrogen and oxygen atoms in total. The van der Waals surface area contributed by atoms with E-state index < -0.39 is 0 Å². The lowest BCUT2D eigenvalue weighted by Gasteiger charge is -2.29. The predicted molar refractivity (Wildman–Crippen MR) is 122 cm³/mol. The van der Waals surface area contributed by atoms with E-state index in [1.165, 1.54) is 12.8 Å². The molecule has 2 fully saturated rings. The van der Waals surface area contributed by atoms with Crippen LogP contribution < -0.4 is 10.2 Å². The van der Waals surface area contributed by atoms with E-state index in [2.05, 4.69) is 21.3 Å². The van der Waals surface area contributed by atoms with E-state index in [0.29, 0.717) is 0 Å². The van der Waals surface area contributed by atoms with Gasteiger partial charge in [0, 0.05) is 25.2 Å². The Bertz CT molecular complexity index is 1100. The first kappa shape index (κ1) is 20.2. The van der Waals surface area contributed by atoms with Crippen LogP contribution in [0.3, 0.4) is 0 Å². The van der Waals surface area contributed by atoms with E-state index in [1.807, 2.05) is 31.4 Å². The van der Waals surface area contributed by atoms with Gasteiger partial charge in [0.15, 0.2) is 5.65 Å². The third-order valence-electron chi connectivity index (χ3n) is 6.63. The van der Waals surface area contributed by atoms with Gasteiger partial charge < -0.3 is 15.3 Å². The lowest BCUT2D eigenvalue weighted by Crippen LogP contribution is -2.37. The number of hydrogen-bond donors (Lipinski definition) is 2. The summed E-state index contributed by atoms with van der Waals surface area (Å²) in [5.41, 5.74) is 5.06. The Morgan fingerprint density at radius 3 is 2.42 bits per heavy atom. The van der Waals surface area contributed by atoms with Crippen LogP contribution in [0.2, 0.25) is 0 Å². The predicted octanol–water partition coefficient (Wildman–Crippen LogP) is 3.43. The van der Waals surface area contributed by atoms with Gasteiger partial charge in [-0.05, 0) is 46.5 Å². The molecule has 0 amide bonds. The van der Waals surface area contributed by atoms with Gasteiger partial charge in [0.1, 0.15) is 23.0 Å². The summed E-state index contributed by atoms with van der Waals surface area (Å²) in [5, 5.41) is 19.0. The Morgan fingerprint density at radius 1 is 0.903 bits per heavy atom. The molecular formula is C23H31N7O. The summed E-state index contributed by atoms with van der Waals surface area (Å²) < 4.78 is 1.85. The number of nitrogens with zero attached hydrogens (tertiary/aromatic N) is 6. The van der Waals surface area contributed by atoms with Gasteiger partial charge in [0.2, 0.25) is 0 Å². The van der Waals surface area contributed by atoms with Gasteiger partial charge in [-0.2, -0.15) is 9.61 Å². The molecule has 2 aliphatic rings. The highest BCUT2D eigenvalue weighted by Crippen LogP contribution is 2.29. The van der Waals surface area contributed by atoms with Gasteiger partial charge in [0.25, 0.3) is 0 Å².